The summed E-state index contributed by atoms with van der Waals surface area (Å²) in [5.41, 5.74) is 2.75. The van der Waals surface area contributed by atoms with Crippen LogP contribution in [-0.2, 0) is 13.2 Å². The van der Waals surface area contributed by atoms with Crippen LogP contribution in [0.2, 0.25) is 0 Å². The number of aromatic nitrogens is 1. The molecule has 6 heteroatoms. The molecular weight excluding hydrogens is 368 g/mol. The molecule has 0 saturated carbocycles. The third-order valence-corrected chi connectivity index (χ3v) is 4.63. The third kappa shape index (κ3) is 4.11. The molecule has 0 aliphatic carbocycles. The van der Waals surface area contributed by atoms with Crippen LogP contribution < -0.4 is 19.5 Å². The number of methoxy groups -OCH3 is 2. The molecule has 0 bridgehead atoms. The average molecular weight is 390 g/mol. The third-order valence-electron chi connectivity index (χ3n) is 4.63. The molecule has 29 heavy (non-hydrogen) atoms. The van der Waals surface area contributed by atoms with Gasteiger partial charge in [0, 0.05) is 18.2 Å². The van der Waals surface area contributed by atoms with E-state index in [2.05, 4.69) is 10.5 Å². The molecule has 0 unspecified atom stereocenters. The summed E-state index contributed by atoms with van der Waals surface area (Å²) in [4.78, 5) is 0. The molecule has 4 rings (SSSR count). The van der Waals surface area contributed by atoms with Gasteiger partial charge in [0.1, 0.15) is 12.4 Å². The maximum atomic E-state index is 6.10. The van der Waals surface area contributed by atoms with Gasteiger partial charge in [0.2, 0.25) is 0 Å². The van der Waals surface area contributed by atoms with E-state index >= 15 is 0 Å². The minimum Gasteiger partial charge on any atom is -0.493 e. The summed E-state index contributed by atoms with van der Waals surface area (Å²) in [5.74, 6) is 2.66. The molecule has 0 fully saturated rings. The van der Waals surface area contributed by atoms with Crippen LogP contribution in [0.25, 0.3) is 11.0 Å². The van der Waals surface area contributed by atoms with Crippen molar-refractivity contribution in [2.75, 3.05) is 19.5 Å². The molecule has 0 aliphatic heterocycles. The summed E-state index contributed by atoms with van der Waals surface area (Å²) in [7, 11) is 3.23. The van der Waals surface area contributed by atoms with Crippen molar-refractivity contribution in [3.05, 3.63) is 77.9 Å². The Kier molecular flexibility index (Phi) is 5.52. The Balaban J connectivity index is 1.59. The molecule has 1 aromatic heterocycles. The lowest BCUT2D eigenvalue weighted by Crippen LogP contribution is -2.05. The summed E-state index contributed by atoms with van der Waals surface area (Å²) < 4.78 is 22.4. The molecule has 0 amide bonds. The molecule has 4 aromatic rings. The maximum Gasteiger partial charge on any atom is 0.177 e. The summed E-state index contributed by atoms with van der Waals surface area (Å²) in [5, 5.41) is 8.39. The SMILES string of the molecule is COc1cc(CNc2noc3ccccc23)c(OCc2ccccc2)cc1OC. The topological polar surface area (TPSA) is 65.8 Å². The maximum absolute atomic E-state index is 6.10. The van der Waals surface area contributed by atoms with Crippen molar-refractivity contribution in [1.82, 2.24) is 5.16 Å². The summed E-state index contributed by atoms with van der Waals surface area (Å²) >= 11 is 0. The number of benzene rings is 3. The van der Waals surface area contributed by atoms with E-state index < -0.39 is 0 Å². The normalized spacial score (nSPS) is 10.7. The zero-order valence-electron chi connectivity index (χ0n) is 16.3. The minimum atomic E-state index is 0.455. The summed E-state index contributed by atoms with van der Waals surface area (Å²) in [6.07, 6.45) is 0. The zero-order chi connectivity index (χ0) is 20.1. The Labute approximate surface area is 169 Å². The predicted octanol–water partition coefficient (Wildman–Crippen LogP) is 5.04. The number of hydrogen-bond donors (Lipinski definition) is 1. The van der Waals surface area contributed by atoms with Crippen molar-refractivity contribution in [3.8, 4) is 17.2 Å². The van der Waals surface area contributed by atoms with Crippen molar-refractivity contribution in [2.45, 2.75) is 13.2 Å². The van der Waals surface area contributed by atoms with Crippen LogP contribution in [-0.4, -0.2) is 19.4 Å². The van der Waals surface area contributed by atoms with E-state index in [1.807, 2.05) is 66.7 Å². The first-order valence-electron chi connectivity index (χ1n) is 9.28. The highest BCUT2D eigenvalue weighted by molar-refractivity contribution is 5.87. The first kappa shape index (κ1) is 18.7. The Morgan fingerprint density at radius 2 is 1.59 bits per heavy atom. The van der Waals surface area contributed by atoms with Gasteiger partial charge in [0.25, 0.3) is 0 Å². The number of ether oxygens (including phenoxy) is 3. The zero-order valence-corrected chi connectivity index (χ0v) is 16.3. The predicted molar refractivity (Wildman–Crippen MR) is 112 cm³/mol. The van der Waals surface area contributed by atoms with E-state index in [1.54, 1.807) is 14.2 Å². The molecule has 148 valence electrons. The summed E-state index contributed by atoms with van der Waals surface area (Å²) in [6, 6.07) is 21.5. The number of nitrogens with zero attached hydrogens (tertiary/aromatic N) is 1. The van der Waals surface area contributed by atoms with E-state index in [0.717, 1.165) is 22.1 Å². The minimum absolute atomic E-state index is 0.455. The average Bonchev–Trinajstić information content (AvgIpc) is 3.20. The monoisotopic (exact) mass is 390 g/mol. The number of rotatable bonds is 8. The molecule has 0 atom stereocenters. The first-order chi connectivity index (χ1) is 14.3. The first-order valence-corrected chi connectivity index (χ1v) is 9.28. The highest BCUT2D eigenvalue weighted by Crippen LogP contribution is 2.36. The Hall–Kier alpha value is -3.67. The number of hydrogen-bond acceptors (Lipinski definition) is 6. The number of fused-ring (bicyclic) bond motifs is 1. The van der Waals surface area contributed by atoms with E-state index in [4.69, 9.17) is 18.7 Å². The fourth-order valence-electron chi connectivity index (χ4n) is 3.10. The highest BCUT2D eigenvalue weighted by Gasteiger charge is 2.14. The fourth-order valence-corrected chi connectivity index (χ4v) is 3.10. The van der Waals surface area contributed by atoms with Gasteiger partial charge >= 0.3 is 0 Å². The molecule has 0 spiro atoms. The van der Waals surface area contributed by atoms with Crippen LogP contribution in [0.4, 0.5) is 5.82 Å². The van der Waals surface area contributed by atoms with Gasteiger partial charge in [0.15, 0.2) is 22.9 Å². The van der Waals surface area contributed by atoms with Gasteiger partial charge in [-0.15, -0.1) is 0 Å². The largest absolute Gasteiger partial charge is 0.493 e. The fraction of sp³-hybridized carbons (Fsp3) is 0.174. The summed E-state index contributed by atoms with van der Waals surface area (Å²) in [6.45, 7) is 0.942. The molecule has 0 aliphatic rings. The molecular formula is C23H22N2O4. The number of para-hydroxylation sites is 1. The van der Waals surface area contributed by atoms with Gasteiger partial charge in [-0.05, 0) is 23.8 Å². The van der Waals surface area contributed by atoms with Crippen LogP contribution in [0.15, 0.2) is 71.3 Å². The molecule has 6 nitrogen and oxygen atoms in total. The van der Waals surface area contributed by atoms with Crippen molar-refractivity contribution >= 4 is 16.8 Å². The Morgan fingerprint density at radius 3 is 2.38 bits per heavy atom. The number of anilines is 1. The van der Waals surface area contributed by atoms with E-state index in [-0.39, 0.29) is 0 Å². The van der Waals surface area contributed by atoms with Gasteiger partial charge in [-0.2, -0.15) is 0 Å². The smallest absolute Gasteiger partial charge is 0.177 e. The quantitative estimate of drug-likeness (QED) is 0.455. The molecule has 1 heterocycles. The van der Waals surface area contributed by atoms with Crippen molar-refractivity contribution in [3.63, 3.8) is 0 Å². The van der Waals surface area contributed by atoms with Crippen molar-refractivity contribution < 1.29 is 18.7 Å². The molecule has 0 saturated heterocycles. The molecule has 0 radical (unpaired) electrons. The lowest BCUT2D eigenvalue weighted by Gasteiger charge is -2.16. The van der Waals surface area contributed by atoms with Crippen molar-refractivity contribution in [1.29, 1.82) is 0 Å². The second-order valence-electron chi connectivity index (χ2n) is 6.47. The lowest BCUT2D eigenvalue weighted by atomic mass is 10.1. The Bertz CT molecular complexity index is 1090. The van der Waals surface area contributed by atoms with E-state index in [9.17, 15) is 0 Å². The second-order valence-corrected chi connectivity index (χ2v) is 6.47. The van der Waals surface area contributed by atoms with Crippen molar-refractivity contribution in [2.24, 2.45) is 0 Å². The lowest BCUT2D eigenvalue weighted by molar-refractivity contribution is 0.297. The van der Waals surface area contributed by atoms with Gasteiger partial charge in [-0.1, -0.05) is 47.6 Å². The van der Waals surface area contributed by atoms with Crippen LogP contribution >= 0.6 is 0 Å². The van der Waals surface area contributed by atoms with Gasteiger partial charge in [0.05, 0.1) is 19.6 Å². The van der Waals surface area contributed by atoms with Gasteiger partial charge in [-0.3, -0.25) is 0 Å². The van der Waals surface area contributed by atoms with Gasteiger partial charge in [-0.25, -0.2) is 0 Å². The standard InChI is InChI=1S/C23H22N2O4/c1-26-21-12-17(14-24-23-18-10-6-7-11-19(18)29-25-23)20(13-22(21)27-2)28-15-16-8-4-3-5-9-16/h3-13H,14-15H2,1-2H3,(H,24,25). The van der Waals surface area contributed by atoms with Gasteiger partial charge < -0.3 is 24.1 Å². The number of nitrogens with one attached hydrogen (secondary N) is 1. The highest BCUT2D eigenvalue weighted by atomic mass is 16.5. The van der Waals surface area contributed by atoms with E-state index in [1.165, 1.54) is 0 Å². The van der Waals surface area contributed by atoms with Crippen LogP contribution in [0.5, 0.6) is 17.2 Å². The van der Waals surface area contributed by atoms with Crippen LogP contribution in [0.1, 0.15) is 11.1 Å². The Morgan fingerprint density at radius 1 is 0.862 bits per heavy atom. The molecule has 3 aromatic carbocycles. The van der Waals surface area contributed by atoms with Crippen LogP contribution in [0, 0.1) is 0 Å². The van der Waals surface area contributed by atoms with E-state index in [0.29, 0.717) is 36.2 Å². The molecule has 1 N–H and O–H groups in total. The second kappa shape index (κ2) is 8.56. The van der Waals surface area contributed by atoms with Crippen LogP contribution in [0.3, 0.4) is 0 Å².